The van der Waals surface area contributed by atoms with Crippen molar-refractivity contribution in [1.82, 2.24) is 46.3 Å². The highest BCUT2D eigenvalue weighted by atomic mass is 19.1. The van der Waals surface area contributed by atoms with Gasteiger partial charge in [-0.25, -0.2) is 13.6 Å². The number of aliphatic hydroxyl groups excluding tert-OH is 1. The minimum absolute atomic E-state index is 0.0158. The summed E-state index contributed by atoms with van der Waals surface area (Å²) in [5, 5.41) is 25.8. The number of nitrogens with two attached hydrogens (primary N) is 1. The van der Waals surface area contributed by atoms with Crippen LogP contribution >= 0.6 is 0 Å². The fourth-order valence-electron chi connectivity index (χ4n) is 10.4. The molecule has 109 heavy (non-hydrogen) atoms. The zero-order valence-corrected chi connectivity index (χ0v) is 63.2. The van der Waals surface area contributed by atoms with Crippen molar-refractivity contribution in [3.8, 4) is 11.1 Å². The Bertz CT molecular complexity index is 3240. The summed E-state index contributed by atoms with van der Waals surface area (Å²) >= 11 is 0. The number of nitrogens with one attached hydrogen (secondary N) is 6. The van der Waals surface area contributed by atoms with E-state index in [2.05, 4.69) is 31.9 Å². The van der Waals surface area contributed by atoms with Crippen LogP contribution in [0.15, 0.2) is 72.9 Å². The van der Waals surface area contributed by atoms with E-state index in [1.54, 1.807) is 44.7 Å². The first kappa shape index (κ1) is 93.0. The Morgan fingerprint density at radius 3 is 1.56 bits per heavy atom. The summed E-state index contributed by atoms with van der Waals surface area (Å²) in [4.78, 5) is 133. The van der Waals surface area contributed by atoms with Crippen molar-refractivity contribution in [2.45, 2.75) is 83.7 Å². The number of carbonyl (C=O) groups is 10. The van der Waals surface area contributed by atoms with Crippen LogP contribution in [0.2, 0.25) is 0 Å². The van der Waals surface area contributed by atoms with Crippen molar-refractivity contribution < 1.29 is 123 Å². The number of rotatable bonds is 62. The summed E-state index contributed by atoms with van der Waals surface area (Å²) in [6.07, 6.45) is 1.79. The summed E-state index contributed by atoms with van der Waals surface area (Å²) in [5.74, 6) is -8.42. The molecule has 0 radical (unpaired) electrons. The molecule has 0 bridgehead atoms. The zero-order chi connectivity index (χ0) is 79.7. The minimum atomic E-state index is -1.76. The number of hydrogen-bond acceptors (Lipinski definition) is 25. The number of methoxy groups -OCH3 is 1. The van der Waals surface area contributed by atoms with Crippen molar-refractivity contribution in [2.75, 3.05) is 205 Å². The van der Waals surface area contributed by atoms with Gasteiger partial charge >= 0.3 is 6.09 Å². The molecule has 3 aromatic rings. The molecule has 36 heteroatoms. The van der Waals surface area contributed by atoms with Gasteiger partial charge in [0, 0.05) is 75.0 Å². The largest absolute Gasteiger partial charge is 0.447 e. The van der Waals surface area contributed by atoms with Gasteiger partial charge in [-0.2, -0.15) is 0 Å². The fraction of sp³-hybridized carbons (Fsp3) is 0.616. The summed E-state index contributed by atoms with van der Waals surface area (Å²) in [5.41, 5.74) is 4.37. The molecule has 0 saturated heterocycles. The number of halogens is 2. The number of amides is 9. The third-order valence-corrected chi connectivity index (χ3v) is 15.9. The fourth-order valence-corrected chi connectivity index (χ4v) is 10.4. The maximum Gasteiger partial charge on any atom is 0.408 e. The first-order valence-electron chi connectivity index (χ1n) is 36.0. The second-order valence-electron chi connectivity index (χ2n) is 25.9. The molecule has 9 amide bonds. The van der Waals surface area contributed by atoms with Gasteiger partial charge in [0.1, 0.15) is 55.3 Å². The first-order chi connectivity index (χ1) is 52.4. The highest BCUT2D eigenvalue weighted by molar-refractivity contribution is 6.14. The Morgan fingerprint density at radius 1 is 0.615 bits per heavy atom. The van der Waals surface area contributed by atoms with Crippen LogP contribution in [-0.2, 0) is 111 Å². The molecule has 0 aliphatic carbocycles. The van der Waals surface area contributed by atoms with Gasteiger partial charge in [0.2, 0.25) is 35.4 Å². The van der Waals surface area contributed by atoms with Crippen LogP contribution in [-0.4, -0.2) is 308 Å². The van der Waals surface area contributed by atoms with Crippen LogP contribution in [0, 0.1) is 17.0 Å². The number of carbonyl (C=O) groups excluding carboxylic acids is 10. The van der Waals surface area contributed by atoms with Gasteiger partial charge in [-0.1, -0.05) is 51.1 Å². The van der Waals surface area contributed by atoms with E-state index in [-0.39, 0.29) is 63.7 Å². The molecule has 4 rings (SSSR count). The van der Waals surface area contributed by atoms with Crippen molar-refractivity contribution in [2.24, 2.45) is 11.1 Å². The Morgan fingerprint density at radius 2 is 1.09 bits per heavy atom. The van der Waals surface area contributed by atoms with E-state index in [1.807, 2.05) is 30.3 Å². The Hall–Kier alpha value is -8.34. The molecule has 9 N–H and O–H groups in total. The van der Waals surface area contributed by atoms with E-state index in [4.69, 9.17) is 67.3 Å². The van der Waals surface area contributed by atoms with Gasteiger partial charge in [-0.3, -0.25) is 43.3 Å². The monoisotopic (exact) mass is 1550 g/mol. The summed E-state index contributed by atoms with van der Waals surface area (Å²) in [6, 6.07) is 8.08. The molecule has 0 fully saturated rings. The van der Waals surface area contributed by atoms with E-state index in [0.29, 0.717) is 149 Å². The lowest BCUT2D eigenvalue weighted by molar-refractivity contribution is -0.141. The van der Waals surface area contributed by atoms with Crippen LogP contribution in [0.5, 0.6) is 0 Å². The number of hydrogen-bond donors (Lipinski definition) is 8. The molecule has 5 atom stereocenters. The maximum absolute atomic E-state index is 15.5. The highest BCUT2D eigenvalue weighted by Gasteiger charge is 2.39. The Kier molecular flexibility index (Phi) is 45.7. The summed E-state index contributed by atoms with van der Waals surface area (Å²) < 4.78 is 102. The number of aldehydes is 1. The van der Waals surface area contributed by atoms with Gasteiger partial charge in [0.05, 0.1) is 170 Å². The third-order valence-electron chi connectivity index (χ3n) is 15.9. The van der Waals surface area contributed by atoms with Crippen LogP contribution in [0.4, 0.5) is 13.6 Å². The van der Waals surface area contributed by atoms with Crippen molar-refractivity contribution in [3.05, 3.63) is 95.8 Å². The molecule has 2 heterocycles. The molecule has 610 valence electrons. The van der Waals surface area contributed by atoms with E-state index in [0.717, 1.165) is 35.9 Å². The highest BCUT2D eigenvalue weighted by Crippen LogP contribution is 2.41. The molecule has 2 aromatic carbocycles. The van der Waals surface area contributed by atoms with Crippen molar-refractivity contribution in [3.63, 3.8) is 0 Å². The van der Waals surface area contributed by atoms with Crippen molar-refractivity contribution >= 4 is 59.6 Å². The Labute approximate surface area is 633 Å². The molecule has 1 unspecified atom stereocenters. The quantitative estimate of drug-likeness (QED) is 0.0214. The lowest BCUT2D eigenvalue weighted by atomic mass is 9.82. The molecule has 1 aliphatic heterocycles. The molecule has 1 aliphatic rings. The Balaban J connectivity index is 1.19. The second kappa shape index (κ2) is 53.5. The van der Waals surface area contributed by atoms with Crippen LogP contribution in [0.25, 0.3) is 11.1 Å². The van der Waals surface area contributed by atoms with Crippen LogP contribution in [0.3, 0.4) is 0 Å². The van der Waals surface area contributed by atoms with Gasteiger partial charge in [0.15, 0.2) is 0 Å². The predicted octanol–water partition coefficient (Wildman–Crippen LogP) is 0.273. The molecule has 0 spiro atoms. The maximum atomic E-state index is 15.5. The third kappa shape index (κ3) is 38.2. The number of nitrogens with zero attached hydrogens (tertiary/aromatic N) is 3. The van der Waals surface area contributed by atoms with E-state index in [1.165, 1.54) is 18.7 Å². The van der Waals surface area contributed by atoms with Crippen LogP contribution < -0.4 is 37.6 Å². The minimum Gasteiger partial charge on any atom is -0.447 e. The van der Waals surface area contributed by atoms with E-state index < -0.39 is 133 Å². The normalized spacial score (nSPS) is 13.8. The number of alkyl carbamates (subject to hydrolysis) is 1. The van der Waals surface area contributed by atoms with Crippen LogP contribution in [0.1, 0.15) is 64.8 Å². The number of aromatic nitrogens is 1. The van der Waals surface area contributed by atoms with Gasteiger partial charge < -0.3 is 119 Å². The molecular formula is C73H110F2N10O24. The van der Waals surface area contributed by atoms with Gasteiger partial charge in [-0.15, -0.1) is 0 Å². The van der Waals surface area contributed by atoms with E-state index >= 15 is 4.39 Å². The molecule has 34 nitrogen and oxygen atoms in total. The average Bonchev–Trinajstić information content (AvgIpc) is 1.60. The number of aliphatic hydroxyl groups is 1. The number of primary amides is 1. The lowest BCUT2D eigenvalue weighted by Gasteiger charge is -2.41. The standard InChI is InChI=1S/C73H110F2N10O24/c1-53(79-51-73(5,52-87)82-71(96)109-43-42-108-41-40-107-39-38-106-37-36-105-35-34-104-33-32-103-31-30-102-29-28-101-27-26-100-25-24-99-23-22-98-21-20-97-6)68(93)81-60(46-62(76)88)70(95)80-59(69(94)78-18-17-77-63(89)49-85-64(90)14-15-65(85)91)16-19-84(66(92)50-86)67(72(2,3)4)61-44-55(57-45-56(74)12-13-58(57)75)48-83(61)47-54-10-8-7-9-11-54/h7-15,44-45,48,52-53,59-60,67,79,86H,16-43,46-47,49-51H2,1-6H3,(H2,76,88)(H,77,89)(H,78,94)(H,80,95)(H,81,93)(H,82,96)/t53-,59+,60+,67+,73?/m1/s1. The summed E-state index contributed by atoms with van der Waals surface area (Å²) in [6.45, 7) is 14.2. The van der Waals surface area contributed by atoms with E-state index in [9.17, 15) is 57.4 Å². The predicted molar refractivity (Wildman–Crippen MR) is 388 cm³/mol. The first-order valence-corrected chi connectivity index (χ1v) is 36.0. The number of ether oxygens (including phenoxy) is 13. The number of benzene rings is 2. The number of imide groups is 1. The smallest absolute Gasteiger partial charge is 0.408 e. The topological polar surface area (TPSA) is 421 Å². The lowest BCUT2D eigenvalue weighted by Crippen LogP contribution is -2.59. The van der Waals surface area contributed by atoms with Gasteiger partial charge in [-0.05, 0) is 55.5 Å². The summed E-state index contributed by atoms with van der Waals surface area (Å²) in [7, 11) is 1.62. The molecular weight excluding hydrogens is 1440 g/mol. The zero-order valence-electron chi connectivity index (χ0n) is 63.2. The average molecular weight is 1550 g/mol. The SMILES string of the molecule is COCCOCCOCCOCCOCCOCCOCCOCCOCCOCCOCCOCCOC(=O)NC(C)(C=O)CN[C@H](C)C(=O)N[C@@H](CC(N)=O)C(=O)N[C@@H](CCN(C(=O)CO)[C@@H](c1cc(-c2cc(F)ccc2F)cn1Cc1ccccc1)C(C)(C)C)C(=O)NCCNC(=O)CN1C(=O)C=CC1=O. The molecule has 1 aromatic heterocycles. The van der Waals surface area contributed by atoms with Gasteiger partial charge in [0.25, 0.3) is 11.8 Å². The second-order valence-corrected chi connectivity index (χ2v) is 25.9. The van der Waals surface area contributed by atoms with Crippen molar-refractivity contribution in [1.29, 1.82) is 0 Å². The molecule has 0 saturated carbocycles.